The van der Waals surface area contributed by atoms with Crippen molar-refractivity contribution < 1.29 is 37.3 Å². The van der Waals surface area contributed by atoms with Crippen LogP contribution >= 0.6 is 7.82 Å². The number of rotatable bonds is 39. The Morgan fingerprint density at radius 1 is 0.551 bits per heavy atom. The van der Waals surface area contributed by atoms with Crippen LogP contribution in [0, 0.1) is 0 Å². The number of nitrogens with zero attached hydrogens (tertiary/aromatic N) is 1. The molecule has 0 radical (unpaired) electrons. The number of carbonyl (C=O) groups excluding carboxylic acids is 1. The van der Waals surface area contributed by atoms with Gasteiger partial charge in [0, 0.05) is 13.0 Å². The van der Waals surface area contributed by atoms with E-state index in [0.29, 0.717) is 24.1 Å². The summed E-state index contributed by atoms with van der Waals surface area (Å²) in [6, 6.07) is 0. The van der Waals surface area contributed by atoms with Gasteiger partial charge < -0.3 is 27.9 Å². The minimum Gasteiger partial charge on any atom is -0.756 e. The number of quaternary nitrogens is 1. The molecule has 0 aromatic rings. The number of esters is 1. The molecule has 294 valence electrons. The second-order valence-electron chi connectivity index (χ2n) is 15.4. The van der Waals surface area contributed by atoms with E-state index >= 15 is 0 Å². The van der Waals surface area contributed by atoms with E-state index in [0.717, 1.165) is 32.1 Å². The first-order valence-electron chi connectivity index (χ1n) is 20.8. The number of likely N-dealkylation sites (N-methyl/N-ethyl adjacent to an activating group) is 1. The van der Waals surface area contributed by atoms with Gasteiger partial charge in [0.25, 0.3) is 7.82 Å². The van der Waals surface area contributed by atoms with Crippen LogP contribution in [-0.2, 0) is 27.9 Å². The van der Waals surface area contributed by atoms with Gasteiger partial charge >= 0.3 is 5.97 Å². The second kappa shape index (κ2) is 34.6. The molecule has 9 heteroatoms. The van der Waals surface area contributed by atoms with Gasteiger partial charge in [0.2, 0.25) is 0 Å². The third-order valence-electron chi connectivity index (χ3n) is 9.16. The van der Waals surface area contributed by atoms with E-state index in [9.17, 15) is 14.3 Å². The van der Waals surface area contributed by atoms with Gasteiger partial charge in [-0.05, 0) is 12.8 Å². The largest absolute Gasteiger partial charge is 0.756 e. The Labute approximate surface area is 304 Å². The van der Waals surface area contributed by atoms with Crippen LogP contribution in [0.15, 0.2) is 0 Å². The lowest BCUT2D eigenvalue weighted by Gasteiger charge is -2.28. The molecule has 0 amide bonds. The van der Waals surface area contributed by atoms with Crippen molar-refractivity contribution in [2.45, 2.75) is 200 Å². The Kier molecular flexibility index (Phi) is 34.2. The van der Waals surface area contributed by atoms with Crippen molar-refractivity contribution in [1.29, 1.82) is 0 Å². The van der Waals surface area contributed by atoms with E-state index in [1.54, 1.807) is 0 Å². The first kappa shape index (κ1) is 48.5. The highest BCUT2D eigenvalue weighted by molar-refractivity contribution is 7.45. The fraction of sp³-hybridized carbons (Fsp3) is 0.975. The zero-order valence-electron chi connectivity index (χ0n) is 33.2. The number of hydrogen-bond acceptors (Lipinski definition) is 7. The monoisotopic (exact) mass is 720 g/mol. The minimum absolute atomic E-state index is 0.0309. The maximum atomic E-state index is 12.6. The lowest BCUT2D eigenvalue weighted by molar-refractivity contribution is -0.870. The molecule has 0 aliphatic rings. The summed E-state index contributed by atoms with van der Waals surface area (Å²) < 4.78 is 34.5. The van der Waals surface area contributed by atoms with Crippen LogP contribution < -0.4 is 4.89 Å². The topological polar surface area (TPSA) is 94.1 Å². The minimum atomic E-state index is -4.51. The molecule has 0 bridgehead atoms. The molecule has 49 heavy (non-hydrogen) atoms. The summed E-state index contributed by atoms with van der Waals surface area (Å²) in [6.45, 7) is 5.43. The smallest absolute Gasteiger partial charge is 0.306 e. The van der Waals surface area contributed by atoms with E-state index in [1.807, 2.05) is 21.1 Å². The fourth-order valence-corrected chi connectivity index (χ4v) is 6.63. The Hall–Kier alpha value is -0.500. The second-order valence-corrected chi connectivity index (χ2v) is 16.8. The van der Waals surface area contributed by atoms with Gasteiger partial charge in [-0.25, -0.2) is 0 Å². The quantitative estimate of drug-likeness (QED) is 0.0270. The SMILES string of the molecule is CCCCCCCCCCCCCCCCCCCCOCC(COP(=O)([O-])OCC[N+](C)(C)C)OC(=O)CCCCCCCCCCC. The van der Waals surface area contributed by atoms with Crippen molar-refractivity contribution >= 4 is 13.8 Å². The van der Waals surface area contributed by atoms with Crippen molar-refractivity contribution in [3.05, 3.63) is 0 Å². The predicted molar refractivity (Wildman–Crippen MR) is 204 cm³/mol. The summed E-state index contributed by atoms with van der Waals surface area (Å²) in [6.07, 6.45) is 34.0. The van der Waals surface area contributed by atoms with E-state index in [1.165, 1.54) is 141 Å². The summed E-state index contributed by atoms with van der Waals surface area (Å²) >= 11 is 0. The number of unbranched alkanes of at least 4 members (excludes halogenated alkanes) is 25. The lowest BCUT2D eigenvalue weighted by atomic mass is 10.0. The van der Waals surface area contributed by atoms with Crippen LogP contribution in [-0.4, -0.2) is 70.7 Å². The number of hydrogen-bond donors (Lipinski definition) is 0. The highest BCUT2D eigenvalue weighted by atomic mass is 31.2. The summed E-state index contributed by atoms with van der Waals surface area (Å²) in [7, 11) is 1.37. The van der Waals surface area contributed by atoms with Gasteiger partial charge in [-0.1, -0.05) is 174 Å². The average Bonchev–Trinajstić information content (AvgIpc) is 3.04. The highest BCUT2D eigenvalue weighted by Gasteiger charge is 2.20. The molecule has 0 fully saturated rings. The van der Waals surface area contributed by atoms with E-state index in [2.05, 4.69) is 13.8 Å². The van der Waals surface area contributed by atoms with Gasteiger partial charge in [-0.2, -0.15) is 0 Å². The summed E-state index contributed by atoms with van der Waals surface area (Å²) in [4.78, 5) is 24.9. The van der Waals surface area contributed by atoms with E-state index < -0.39 is 13.9 Å². The Morgan fingerprint density at radius 3 is 1.35 bits per heavy atom. The molecule has 0 heterocycles. The Bertz CT molecular complexity index is 761. The molecule has 0 aromatic carbocycles. The Balaban J connectivity index is 4.12. The molecule has 0 saturated heterocycles. The number of carbonyl (C=O) groups is 1. The van der Waals surface area contributed by atoms with Crippen molar-refractivity contribution in [2.75, 3.05) is 54.1 Å². The molecule has 0 aliphatic heterocycles. The van der Waals surface area contributed by atoms with Crippen molar-refractivity contribution in [1.82, 2.24) is 0 Å². The van der Waals surface area contributed by atoms with Crippen LogP contribution in [0.25, 0.3) is 0 Å². The normalized spacial score (nSPS) is 13.8. The average molecular weight is 720 g/mol. The summed E-state index contributed by atoms with van der Waals surface area (Å²) in [5.74, 6) is -0.333. The standard InChI is InChI=1S/C40H82NO7P/c1-6-8-10-12-14-16-17-18-19-20-21-22-23-24-26-28-30-32-35-45-37-39(38-47-49(43,44)46-36-34-41(3,4)5)48-40(42)33-31-29-27-25-15-13-11-9-7-2/h39H,6-38H2,1-5H3. The number of ether oxygens (including phenoxy) is 2. The molecule has 0 saturated carbocycles. The maximum absolute atomic E-state index is 12.6. The fourth-order valence-electron chi connectivity index (χ4n) is 5.90. The lowest BCUT2D eigenvalue weighted by Crippen LogP contribution is -2.37. The summed E-state index contributed by atoms with van der Waals surface area (Å²) in [5.41, 5.74) is 0. The highest BCUT2D eigenvalue weighted by Crippen LogP contribution is 2.38. The van der Waals surface area contributed by atoms with E-state index in [-0.39, 0.29) is 25.8 Å². The zero-order valence-corrected chi connectivity index (χ0v) is 34.1. The molecule has 2 atom stereocenters. The van der Waals surface area contributed by atoms with Crippen LogP contribution in [0.4, 0.5) is 0 Å². The number of phosphoric acid groups is 1. The molecule has 0 aromatic heterocycles. The maximum Gasteiger partial charge on any atom is 0.306 e. The van der Waals surface area contributed by atoms with Crippen LogP contribution in [0.2, 0.25) is 0 Å². The van der Waals surface area contributed by atoms with Gasteiger partial charge in [-0.15, -0.1) is 0 Å². The van der Waals surface area contributed by atoms with Gasteiger partial charge in [0.15, 0.2) is 0 Å². The van der Waals surface area contributed by atoms with Gasteiger partial charge in [0.05, 0.1) is 34.4 Å². The molecule has 0 aliphatic carbocycles. The number of phosphoric ester groups is 1. The van der Waals surface area contributed by atoms with Crippen molar-refractivity contribution in [3.8, 4) is 0 Å². The van der Waals surface area contributed by atoms with Gasteiger partial charge in [-0.3, -0.25) is 9.36 Å². The molecule has 8 nitrogen and oxygen atoms in total. The first-order chi connectivity index (χ1) is 23.6. The molecular weight excluding hydrogens is 637 g/mol. The van der Waals surface area contributed by atoms with Gasteiger partial charge in [0.1, 0.15) is 19.3 Å². The Morgan fingerprint density at radius 2 is 0.939 bits per heavy atom. The van der Waals surface area contributed by atoms with E-state index in [4.69, 9.17) is 18.5 Å². The van der Waals surface area contributed by atoms with Crippen LogP contribution in [0.5, 0.6) is 0 Å². The molecule has 2 unspecified atom stereocenters. The van der Waals surface area contributed by atoms with Crippen LogP contribution in [0.1, 0.15) is 194 Å². The third-order valence-corrected chi connectivity index (χ3v) is 10.1. The zero-order chi connectivity index (χ0) is 36.3. The molecule has 0 spiro atoms. The third kappa shape index (κ3) is 38.6. The molecule has 0 rings (SSSR count). The first-order valence-corrected chi connectivity index (χ1v) is 22.2. The van der Waals surface area contributed by atoms with Crippen molar-refractivity contribution in [3.63, 3.8) is 0 Å². The predicted octanol–water partition coefficient (Wildman–Crippen LogP) is 11.1. The molecular formula is C40H82NO7P. The van der Waals surface area contributed by atoms with Crippen molar-refractivity contribution in [2.24, 2.45) is 0 Å². The summed E-state index contributed by atoms with van der Waals surface area (Å²) in [5, 5.41) is 0. The van der Waals surface area contributed by atoms with Crippen LogP contribution in [0.3, 0.4) is 0 Å². The molecule has 0 N–H and O–H groups in total.